The number of nitrogens with one attached hydrogen (secondary N) is 1. The Bertz CT molecular complexity index is 1210. The van der Waals surface area contributed by atoms with Crippen LogP contribution in [-0.4, -0.2) is 24.1 Å². The molecule has 1 N–H and O–H groups in total. The molecule has 0 unspecified atom stereocenters. The molecule has 0 fully saturated rings. The smallest absolute Gasteiger partial charge is 0.173 e. The van der Waals surface area contributed by atoms with E-state index in [1.165, 1.54) is 5.56 Å². The molecule has 1 heterocycles. The molecule has 0 bridgehead atoms. The Morgan fingerprint density at radius 1 is 0.900 bits per heavy atom. The van der Waals surface area contributed by atoms with Crippen molar-refractivity contribution in [3.8, 4) is 5.75 Å². The first-order chi connectivity index (χ1) is 14.7. The lowest BCUT2D eigenvalue weighted by Gasteiger charge is -2.08. The minimum atomic E-state index is 0.566. The number of benzene rings is 3. The van der Waals surface area contributed by atoms with Crippen LogP contribution >= 0.6 is 0 Å². The van der Waals surface area contributed by atoms with Crippen LogP contribution in [0.15, 0.2) is 95.0 Å². The first kappa shape index (κ1) is 19.3. The lowest BCUT2D eigenvalue weighted by Crippen LogP contribution is -2.20. The summed E-state index contributed by atoms with van der Waals surface area (Å²) in [5.74, 6) is 1.32. The lowest BCUT2D eigenvalue weighted by molar-refractivity contribution is 0.414. The van der Waals surface area contributed by atoms with Crippen LogP contribution in [0.1, 0.15) is 16.8 Å². The Morgan fingerprint density at radius 3 is 2.50 bits per heavy atom. The van der Waals surface area contributed by atoms with Gasteiger partial charge in [0.25, 0.3) is 0 Å². The van der Waals surface area contributed by atoms with E-state index in [4.69, 9.17) is 14.7 Å². The maximum atomic E-state index is 5.38. The van der Waals surface area contributed by atoms with Crippen LogP contribution in [0.3, 0.4) is 0 Å². The third kappa shape index (κ3) is 4.52. The average molecular weight is 394 g/mol. The number of rotatable bonds is 5. The second-order valence-electron chi connectivity index (χ2n) is 6.80. The van der Waals surface area contributed by atoms with E-state index in [2.05, 4.69) is 17.5 Å². The summed E-state index contributed by atoms with van der Waals surface area (Å²) in [5, 5.41) is 5.47. The SMILES string of the molecule is COc1ccccc1/C=N\NC(=Nc1ccc(C)cc1)c1ccc2ccccc2n1. The van der Waals surface area contributed by atoms with Crippen LogP contribution in [0.4, 0.5) is 5.69 Å². The first-order valence-corrected chi connectivity index (χ1v) is 9.66. The summed E-state index contributed by atoms with van der Waals surface area (Å²) < 4.78 is 5.38. The summed E-state index contributed by atoms with van der Waals surface area (Å²) in [4.78, 5) is 9.51. The van der Waals surface area contributed by atoms with Gasteiger partial charge in [-0.15, -0.1) is 0 Å². The zero-order valence-electron chi connectivity index (χ0n) is 16.9. The van der Waals surface area contributed by atoms with Gasteiger partial charge >= 0.3 is 0 Å². The second kappa shape index (κ2) is 9.01. The minimum absolute atomic E-state index is 0.566. The molecule has 0 aliphatic heterocycles. The van der Waals surface area contributed by atoms with Gasteiger partial charge in [-0.25, -0.2) is 9.98 Å². The van der Waals surface area contributed by atoms with Gasteiger partial charge in [-0.05, 0) is 43.3 Å². The van der Waals surface area contributed by atoms with Crippen LogP contribution in [0.2, 0.25) is 0 Å². The van der Waals surface area contributed by atoms with Crippen LogP contribution in [0.25, 0.3) is 10.9 Å². The highest BCUT2D eigenvalue weighted by atomic mass is 16.5. The molecule has 0 radical (unpaired) electrons. The van der Waals surface area contributed by atoms with Crippen LogP contribution < -0.4 is 10.2 Å². The van der Waals surface area contributed by atoms with Gasteiger partial charge in [0.15, 0.2) is 5.84 Å². The third-order valence-electron chi connectivity index (χ3n) is 4.63. The highest BCUT2D eigenvalue weighted by Crippen LogP contribution is 2.17. The fraction of sp³-hybridized carbons (Fsp3) is 0.0800. The number of pyridine rings is 1. The predicted molar refractivity (Wildman–Crippen MR) is 123 cm³/mol. The van der Waals surface area contributed by atoms with Crippen LogP contribution in [0, 0.1) is 6.92 Å². The van der Waals surface area contributed by atoms with E-state index in [0.29, 0.717) is 11.5 Å². The molecule has 3 aromatic carbocycles. The maximum absolute atomic E-state index is 5.38. The fourth-order valence-corrected chi connectivity index (χ4v) is 3.02. The van der Waals surface area contributed by atoms with E-state index in [1.54, 1.807) is 13.3 Å². The average Bonchev–Trinajstić information content (AvgIpc) is 2.79. The van der Waals surface area contributed by atoms with Crippen molar-refractivity contribution in [2.45, 2.75) is 6.92 Å². The standard InChI is InChI=1S/C25H22N4O/c1-18-11-14-21(15-12-18)27-25(23-16-13-19-7-3-5-9-22(19)28-23)29-26-17-20-8-4-6-10-24(20)30-2/h3-17H,1-2H3,(H,27,29)/b26-17-. The van der Waals surface area contributed by atoms with Crippen molar-refractivity contribution in [1.29, 1.82) is 0 Å². The van der Waals surface area contributed by atoms with Crippen molar-refractivity contribution in [3.05, 3.63) is 102 Å². The topological polar surface area (TPSA) is 58.9 Å². The number of methoxy groups -OCH3 is 1. The Morgan fingerprint density at radius 2 is 1.67 bits per heavy atom. The van der Waals surface area contributed by atoms with E-state index in [-0.39, 0.29) is 0 Å². The van der Waals surface area contributed by atoms with E-state index >= 15 is 0 Å². The molecule has 0 spiro atoms. The number of hydrogen-bond acceptors (Lipinski definition) is 4. The Balaban J connectivity index is 1.69. The number of ether oxygens (including phenoxy) is 1. The van der Waals surface area contributed by atoms with Crippen molar-refractivity contribution in [2.24, 2.45) is 10.1 Å². The highest BCUT2D eigenvalue weighted by molar-refractivity contribution is 6.00. The Kier molecular flexibility index (Phi) is 5.80. The van der Waals surface area contributed by atoms with Crippen molar-refractivity contribution in [1.82, 2.24) is 10.4 Å². The number of aromatic nitrogens is 1. The molecule has 0 amide bonds. The van der Waals surface area contributed by atoms with Gasteiger partial charge in [0, 0.05) is 10.9 Å². The molecule has 5 nitrogen and oxygen atoms in total. The number of fused-ring (bicyclic) bond motifs is 1. The number of hydrazone groups is 1. The van der Waals surface area contributed by atoms with Crippen molar-refractivity contribution in [3.63, 3.8) is 0 Å². The van der Waals surface area contributed by atoms with Crippen molar-refractivity contribution >= 4 is 28.6 Å². The minimum Gasteiger partial charge on any atom is -0.496 e. The fourth-order valence-electron chi connectivity index (χ4n) is 3.02. The number of aryl methyl sites for hydroxylation is 1. The summed E-state index contributed by atoms with van der Waals surface area (Å²) in [6, 6.07) is 27.7. The molecular formula is C25H22N4O. The summed E-state index contributed by atoms with van der Waals surface area (Å²) in [6.07, 6.45) is 1.71. The van der Waals surface area contributed by atoms with E-state index in [9.17, 15) is 0 Å². The van der Waals surface area contributed by atoms with Gasteiger partial charge in [-0.2, -0.15) is 5.10 Å². The van der Waals surface area contributed by atoms with Gasteiger partial charge in [0.2, 0.25) is 0 Å². The molecule has 1 aromatic heterocycles. The highest BCUT2D eigenvalue weighted by Gasteiger charge is 2.07. The summed E-state index contributed by atoms with van der Waals surface area (Å²) in [7, 11) is 1.64. The van der Waals surface area contributed by atoms with Crippen LogP contribution in [0.5, 0.6) is 5.75 Å². The summed E-state index contributed by atoms with van der Waals surface area (Å²) in [5.41, 5.74) is 7.56. The van der Waals surface area contributed by atoms with Gasteiger partial charge in [0.1, 0.15) is 11.4 Å². The van der Waals surface area contributed by atoms with Crippen LogP contribution in [-0.2, 0) is 0 Å². The number of para-hydroxylation sites is 2. The molecular weight excluding hydrogens is 372 g/mol. The first-order valence-electron chi connectivity index (χ1n) is 9.66. The quantitative estimate of drug-likeness (QED) is 0.286. The van der Waals surface area contributed by atoms with Gasteiger partial charge in [-0.3, -0.25) is 5.43 Å². The van der Waals surface area contributed by atoms with Gasteiger partial charge < -0.3 is 4.74 Å². The van der Waals surface area contributed by atoms with Crippen molar-refractivity contribution in [2.75, 3.05) is 7.11 Å². The molecule has 5 heteroatoms. The molecule has 0 aliphatic carbocycles. The lowest BCUT2D eigenvalue weighted by atomic mass is 10.2. The number of hydrogen-bond donors (Lipinski definition) is 1. The maximum Gasteiger partial charge on any atom is 0.173 e. The zero-order chi connectivity index (χ0) is 20.8. The normalized spacial score (nSPS) is 11.7. The molecule has 0 atom stereocenters. The molecule has 0 saturated heterocycles. The van der Waals surface area contributed by atoms with E-state index in [0.717, 1.165) is 27.9 Å². The van der Waals surface area contributed by atoms with Crippen molar-refractivity contribution < 1.29 is 4.74 Å². The van der Waals surface area contributed by atoms with Gasteiger partial charge in [0.05, 0.1) is 24.5 Å². The molecule has 0 saturated carbocycles. The Hall–Kier alpha value is -3.99. The predicted octanol–water partition coefficient (Wildman–Crippen LogP) is 5.25. The third-order valence-corrected chi connectivity index (χ3v) is 4.63. The number of nitrogens with zero attached hydrogens (tertiary/aromatic N) is 3. The summed E-state index contributed by atoms with van der Waals surface area (Å²) >= 11 is 0. The largest absolute Gasteiger partial charge is 0.496 e. The van der Waals surface area contributed by atoms with E-state index in [1.807, 2.05) is 84.9 Å². The molecule has 4 aromatic rings. The van der Waals surface area contributed by atoms with E-state index < -0.39 is 0 Å². The molecule has 0 aliphatic rings. The number of aliphatic imine (C=N–C) groups is 1. The van der Waals surface area contributed by atoms with Gasteiger partial charge in [-0.1, -0.05) is 54.1 Å². The zero-order valence-corrected chi connectivity index (χ0v) is 16.9. The number of amidine groups is 1. The molecule has 4 rings (SSSR count). The summed E-state index contributed by atoms with van der Waals surface area (Å²) in [6.45, 7) is 2.05. The Labute approximate surface area is 175 Å². The molecule has 148 valence electrons. The molecule has 30 heavy (non-hydrogen) atoms. The monoisotopic (exact) mass is 394 g/mol. The second-order valence-corrected chi connectivity index (χ2v) is 6.80.